The summed E-state index contributed by atoms with van der Waals surface area (Å²) < 4.78 is 0. The first-order chi connectivity index (χ1) is 11.1. The van der Waals surface area contributed by atoms with Gasteiger partial charge in [0.1, 0.15) is 0 Å². The maximum absolute atomic E-state index is 11.5. The zero-order valence-electron chi connectivity index (χ0n) is 13.4. The number of hydrogen-bond donors (Lipinski definition) is 1. The predicted molar refractivity (Wildman–Crippen MR) is 91.6 cm³/mol. The Kier molecular flexibility index (Phi) is 4.77. The smallest absolute Gasteiger partial charge is 0.303 e. The highest BCUT2D eigenvalue weighted by atomic mass is 16.4. The van der Waals surface area contributed by atoms with E-state index >= 15 is 0 Å². The second-order valence-corrected chi connectivity index (χ2v) is 6.52. The first-order valence-electron chi connectivity index (χ1n) is 8.15. The van der Waals surface area contributed by atoms with Crippen LogP contribution in [0.2, 0.25) is 0 Å². The molecule has 1 heterocycles. The maximum atomic E-state index is 11.5. The molecule has 0 bridgehead atoms. The normalized spacial score (nSPS) is 22.8. The topological polar surface area (TPSA) is 40.5 Å². The fraction of sp³-hybridized carbons (Fsp3) is 0.350. The van der Waals surface area contributed by atoms with Crippen LogP contribution in [0.1, 0.15) is 29.4 Å². The van der Waals surface area contributed by atoms with E-state index in [2.05, 4.69) is 36.2 Å². The number of rotatable bonds is 4. The van der Waals surface area contributed by atoms with Crippen molar-refractivity contribution in [2.24, 2.45) is 5.92 Å². The van der Waals surface area contributed by atoms with Gasteiger partial charge >= 0.3 is 5.97 Å². The number of hydrogen-bond acceptors (Lipinski definition) is 2. The summed E-state index contributed by atoms with van der Waals surface area (Å²) >= 11 is 0. The summed E-state index contributed by atoms with van der Waals surface area (Å²) in [5.41, 5.74) is 2.48. The molecule has 1 saturated heterocycles. The quantitative estimate of drug-likeness (QED) is 0.938. The molecular weight excluding hydrogens is 286 g/mol. The Hall–Kier alpha value is -2.13. The van der Waals surface area contributed by atoms with E-state index in [1.54, 1.807) is 0 Å². The summed E-state index contributed by atoms with van der Waals surface area (Å²) in [5.74, 6) is -0.0950. The van der Waals surface area contributed by atoms with Crippen molar-refractivity contribution in [2.75, 3.05) is 20.1 Å². The highest BCUT2D eigenvalue weighted by Crippen LogP contribution is 2.42. The molecule has 2 aromatic carbocycles. The molecule has 0 aliphatic carbocycles. The van der Waals surface area contributed by atoms with Crippen molar-refractivity contribution < 1.29 is 9.90 Å². The first-order valence-corrected chi connectivity index (χ1v) is 8.15. The summed E-state index contributed by atoms with van der Waals surface area (Å²) in [7, 11) is 2.13. The maximum Gasteiger partial charge on any atom is 0.303 e. The van der Waals surface area contributed by atoms with E-state index in [0.29, 0.717) is 0 Å². The third kappa shape index (κ3) is 3.62. The van der Waals surface area contributed by atoms with Crippen LogP contribution < -0.4 is 0 Å². The van der Waals surface area contributed by atoms with E-state index in [4.69, 9.17) is 0 Å². The number of carbonyl (C=O) groups is 1. The van der Waals surface area contributed by atoms with Crippen molar-refractivity contribution in [3.63, 3.8) is 0 Å². The number of nitrogens with zero attached hydrogens (tertiary/aromatic N) is 1. The lowest BCUT2D eigenvalue weighted by atomic mass is 9.70. The van der Waals surface area contributed by atoms with Crippen molar-refractivity contribution in [3.05, 3.63) is 71.8 Å². The summed E-state index contributed by atoms with van der Waals surface area (Å²) in [5, 5.41) is 9.45. The SMILES string of the molecule is CN1C[C@H](c2ccccc2)C(CC(=O)O)[C@@H](c2ccccc2)C1. The average molecular weight is 309 g/mol. The van der Waals surface area contributed by atoms with Crippen LogP contribution in [0.25, 0.3) is 0 Å². The van der Waals surface area contributed by atoms with Crippen LogP contribution in [-0.4, -0.2) is 36.1 Å². The Balaban J connectivity index is 1.98. The second kappa shape index (κ2) is 6.97. The Bertz CT molecular complexity index is 592. The molecule has 1 aliphatic heterocycles. The molecule has 0 amide bonds. The van der Waals surface area contributed by atoms with E-state index in [0.717, 1.165) is 13.1 Å². The number of carboxylic acids is 1. The van der Waals surface area contributed by atoms with Crippen LogP contribution in [0.4, 0.5) is 0 Å². The molecule has 0 radical (unpaired) electrons. The standard InChI is InChI=1S/C20H23NO2/c1-21-13-18(15-8-4-2-5-9-15)17(12-20(22)23)19(14-21)16-10-6-3-7-11-16/h2-11,17-19H,12-14H2,1H3,(H,22,23)/t18-,19-/m1/s1. The van der Waals surface area contributed by atoms with Gasteiger partial charge in [0.25, 0.3) is 0 Å². The molecule has 120 valence electrons. The average Bonchev–Trinajstić information content (AvgIpc) is 2.57. The summed E-state index contributed by atoms with van der Waals surface area (Å²) in [6.07, 6.45) is 0.215. The van der Waals surface area contributed by atoms with Crippen molar-refractivity contribution in [1.82, 2.24) is 4.90 Å². The predicted octanol–water partition coefficient (Wildman–Crippen LogP) is 3.59. The number of aliphatic carboxylic acids is 1. The highest BCUT2D eigenvalue weighted by Gasteiger charge is 2.38. The molecule has 3 heteroatoms. The monoisotopic (exact) mass is 309 g/mol. The third-order valence-electron chi connectivity index (χ3n) is 4.92. The Morgan fingerprint density at radius 3 is 1.78 bits per heavy atom. The van der Waals surface area contributed by atoms with Gasteiger partial charge in [0.15, 0.2) is 0 Å². The van der Waals surface area contributed by atoms with Gasteiger partial charge in [-0.3, -0.25) is 4.79 Å². The van der Waals surface area contributed by atoms with E-state index in [-0.39, 0.29) is 24.2 Å². The molecule has 2 atom stereocenters. The Morgan fingerprint density at radius 1 is 0.957 bits per heavy atom. The van der Waals surface area contributed by atoms with Crippen molar-refractivity contribution in [3.8, 4) is 0 Å². The van der Waals surface area contributed by atoms with Crippen LogP contribution in [-0.2, 0) is 4.79 Å². The van der Waals surface area contributed by atoms with Crippen molar-refractivity contribution >= 4 is 5.97 Å². The van der Waals surface area contributed by atoms with Gasteiger partial charge in [-0.2, -0.15) is 0 Å². The Labute approximate surface area is 137 Å². The van der Waals surface area contributed by atoms with Gasteiger partial charge < -0.3 is 10.0 Å². The first kappa shape index (κ1) is 15.8. The molecule has 0 aromatic heterocycles. The second-order valence-electron chi connectivity index (χ2n) is 6.52. The van der Waals surface area contributed by atoms with Gasteiger partial charge in [0.05, 0.1) is 0 Å². The van der Waals surface area contributed by atoms with Crippen molar-refractivity contribution in [1.29, 1.82) is 0 Å². The lowest BCUT2D eigenvalue weighted by molar-refractivity contribution is -0.138. The minimum atomic E-state index is -0.707. The lowest BCUT2D eigenvalue weighted by Crippen LogP contribution is -2.42. The molecule has 1 fully saturated rings. The minimum absolute atomic E-state index is 0.119. The molecule has 3 rings (SSSR count). The molecular formula is C20H23NO2. The van der Waals surface area contributed by atoms with E-state index in [1.807, 2.05) is 36.4 Å². The number of piperidine rings is 1. The van der Waals surface area contributed by atoms with Crippen LogP contribution in [0.15, 0.2) is 60.7 Å². The largest absolute Gasteiger partial charge is 0.481 e. The van der Waals surface area contributed by atoms with Crippen LogP contribution in [0.3, 0.4) is 0 Å². The zero-order valence-corrected chi connectivity index (χ0v) is 13.4. The zero-order chi connectivity index (χ0) is 16.2. The van der Waals surface area contributed by atoms with Gasteiger partial charge in [-0.15, -0.1) is 0 Å². The van der Waals surface area contributed by atoms with Gasteiger partial charge in [-0.05, 0) is 24.1 Å². The van der Waals surface area contributed by atoms with Gasteiger partial charge in [0.2, 0.25) is 0 Å². The van der Waals surface area contributed by atoms with Gasteiger partial charge in [-0.25, -0.2) is 0 Å². The number of likely N-dealkylation sites (N-methyl/N-ethyl adjacent to an activating group) is 1. The number of carboxylic acid groups (broad SMARTS) is 1. The summed E-state index contributed by atoms with van der Waals surface area (Å²) in [6, 6.07) is 20.7. The van der Waals surface area contributed by atoms with Crippen LogP contribution >= 0.6 is 0 Å². The van der Waals surface area contributed by atoms with Crippen LogP contribution in [0.5, 0.6) is 0 Å². The molecule has 0 spiro atoms. The van der Waals surface area contributed by atoms with Gasteiger partial charge in [0, 0.05) is 31.3 Å². The highest BCUT2D eigenvalue weighted by molar-refractivity contribution is 5.67. The molecule has 23 heavy (non-hydrogen) atoms. The van der Waals surface area contributed by atoms with E-state index in [1.165, 1.54) is 11.1 Å². The molecule has 1 N–H and O–H groups in total. The molecule has 3 nitrogen and oxygen atoms in total. The van der Waals surface area contributed by atoms with Crippen LogP contribution in [0, 0.1) is 5.92 Å². The fourth-order valence-corrected chi connectivity index (χ4v) is 3.89. The molecule has 1 aliphatic rings. The fourth-order valence-electron chi connectivity index (χ4n) is 3.89. The minimum Gasteiger partial charge on any atom is -0.481 e. The number of benzene rings is 2. The summed E-state index contributed by atoms with van der Waals surface area (Å²) in [4.78, 5) is 13.8. The molecule has 0 unspecified atom stereocenters. The molecule has 0 saturated carbocycles. The molecule has 2 aromatic rings. The lowest BCUT2D eigenvalue weighted by Gasteiger charge is -2.42. The van der Waals surface area contributed by atoms with Gasteiger partial charge in [-0.1, -0.05) is 60.7 Å². The van der Waals surface area contributed by atoms with E-state index in [9.17, 15) is 9.90 Å². The van der Waals surface area contributed by atoms with E-state index < -0.39 is 5.97 Å². The Morgan fingerprint density at radius 2 is 1.39 bits per heavy atom. The number of likely N-dealkylation sites (tertiary alicyclic amines) is 1. The summed E-state index contributed by atoms with van der Waals surface area (Å²) in [6.45, 7) is 1.82. The van der Waals surface area contributed by atoms with Crippen molar-refractivity contribution in [2.45, 2.75) is 18.3 Å². The third-order valence-corrected chi connectivity index (χ3v) is 4.92.